The van der Waals surface area contributed by atoms with Crippen LogP contribution in [0.5, 0.6) is 0 Å². The van der Waals surface area contributed by atoms with Crippen LogP contribution in [0.1, 0.15) is 41.0 Å². The molecule has 0 fully saturated rings. The summed E-state index contributed by atoms with van der Waals surface area (Å²) in [4.78, 5) is 11.0. The number of carboxylic acid groups (broad SMARTS) is 1. The van der Waals surface area contributed by atoms with Crippen LogP contribution in [-0.4, -0.2) is 23.2 Å². The van der Waals surface area contributed by atoms with Crippen LogP contribution < -0.4 is 5.32 Å². The maximum atomic E-state index is 11.0. The molecule has 1 atom stereocenters. The van der Waals surface area contributed by atoms with Gasteiger partial charge in [0, 0.05) is 12.1 Å². The number of carboxylic acids is 1. The van der Waals surface area contributed by atoms with Gasteiger partial charge in [0.25, 0.3) is 0 Å². The molecule has 0 amide bonds. The van der Waals surface area contributed by atoms with Crippen LogP contribution in [-0.2, 0) is 4.79 Å². The van der Waals surface area contributed by atoms with Crippen molar-refractivity contribution in [2.45, 2.75) is 53.1 Å². The molecular weight excluding hydrogens is 166 g/mol. The van der Waals surface area contributed by atoms with Gasteiger partial charge in [0.05, 0.1) is 5.41 Å². The van der Waals surface area contributed by atoms with Crippen molar-refractivity contribution in [3.63, 3.8) is 0 Å². The Morgan fingerprint density at radius 2 is 1.92 bits per heavy atom. The summed E-state index contributed by atoms with van der Waals surface area (Å²) in [5, 5.41) is 12.3. The van der Waals surface area contributed by atoms with Gasteiger partial charge < -0.3 is 10.4 Å². The lowest BCUT2D eigenvalue weighted by Crippen LogP contribution is -2.48. The molecule has 0 heterocycles. The van der Waals surface area contributed by atoms with Crippen molar-refractivity contribution >= 4 is 5.97 Å². The van der Waals surface area contributed by atoms with Crippen molar-refractivity contribution in [3.05, 3.63) is 0 Å². The zero-order valence-corrected chi connectivity index (χ0v) is 9.22. The Morgan fingerprint density at radius 1 is 1.46 bits per heavy atom. The van der Waals surface area contributed by atoms with E-state index in [0.29, 0.717) is 6.04 Å². The largest absolute Gasteiger partial charge is 0.481 e. The monoisotopic (exact) mass is 187 g/mol. The molecule has 0 spiro atoms. The van der Waals surface area contributed by atoms with Crippen LogP contribution >= 0.6 is 0 Å². The molecule has 0 aliphatic heterocycles. The van der Waals surface area contributed by atoms with Gasteiger partial charge in [-0.3, -0.25) is 4.79 Å². The number of nitrogens with one attached hydrogen (secondary N) is 1. The molecule has 0 aliphatic carbocycles. The van der Waals surface area contributed by atoms with Crippen LogP contribution in [0.3, 0.4) is 0 Å². The highest BCUT2D eigenvalue weighted by Crippen LogP contribution is 2.23. The third-order valence-corrected chi connectivity index (χ3v) is 2.37. The molecule has 0 radical (unpaired) electrons. The second-order valence-electron chi connectivity index (χ2n) is 4.31. The minimum Gasteiger partial charge on any atom is -0.481 e. The summed E-state index contributed by atoms with van der Waals surface area (Å²) in [5.74, 6) is -0.743. The number of rotatable bonds is 5. The summed E-state index contributed by atoms with van der Waals surface area (Å²) in [6.07, 6.45) is 0.831. The molecule has 0 aromatic heterocycles. The van der Waals surface area contributed by atoms with E-state index in [1.165, 1.54) is 0 Å². The van der Waals surface area contributed by atoms with Gasteiger partial charge >= 0.3 is 5.97 Å². The molecule has 0 aliphatic rings. The molecule has 0 rings (SSSR count). The Labute approximate surface area is 80.5 Å². The zero-order valence-electron chi connectivity index (χ0n) is 9.22. The fourth-order valence-electron chi connectivity index (χ4n) is 1.39. The summed E-state index contributed by atoms with van der Waals surface area (Å²) >= 11 is 0. The predicted molar refractivity (Wildman–Crippen MR) is 53.8 cm³/mol. The quantitative estimate of drug-likeness (QED) is 0.691. The second-order valence-corrected chi connectivity index (χ2v) is 4.31. The Balaban J connectivity index is 4.46. The van der Waals surface area contributed by atoms with E-state index < -0.39 is 11.4 Å². The summed E-state index contributed by atoms with van der Waals surface area (Å²) in [5.41, 5.74) is -0.695. The average Bonchev–Trinajstić information content (AvgIpc) is 1.99. The van der Waals surface area contributed by atoms with Crippen LogP contribution in [0, 0.1) is 5.41 Å². The standard InChI is InChI=1S/C10H21NO2/c1-6-8(11-7(2)3)10(4,5)9(12)13/h7-8,11H,6H2,1-5H3,(H,12,13). The molecule has 1 unspecified atom stereocenters. The van der Waals surface area contributed by atoms with Gasteiger partial charge in [-0.25, -0.2) is 0 Å². The molecule has 0 saturated heterocycles. The van der Waals surface area contributed by atoms with Crippen molar-refractivity contribution in [2.75, 3.05) is 0 Å². The van der Waals surface area contributed by atoms with Crippen LogP contribution in [0.2, 0.25) is 0 Å². The molecule has 0 aromatic rings. The van der Waals surface area contributed by atoms with Gasteiger partial charge in [0.1, 0.15) is 0 Å². The minimum atomic E-state index is -0.743. The molecule has 2 N–H and O–H groups in total. The lowest BCUT2D eigenvalue weighted by molar-refractivity contribution is -0.148. The summed E-state index contributed by atoms with van der Waals surface area (Å²) in [6.45, 7) is 9.59. The van der Waals surface area contributed by atoms with E-state index in [4.69, 9.17) is 5.11 Å². The zero-order chi connectivity index (χ0) is 10.6. The van der Waals surface area contributed by atoms with Crippen LogP contribution in [0.4, 0.5) is 0 Å². The summed E-state index contributed by atoms with van der Waals surface area (Å²) in [6, 6.07) is 0.355. The van der Waals surface area contributed by atoms with E-state index in [0.717, 1.165) is 6.42 Å². The van der Waals surface area contributed by atoms with Crippen molar-refractivity contribution in [3.8, 4) is 0 Å². The third-order valence-electron chi connectivity index (χ3n) is 2.37. The van der Waals surface area contributed by atoms with Crippen LogP contribution in [0.25, 0.3) is 0 Å². The Hall–Kier alpha value is -0.570. The van der Waals surface area contributed by atoms with Crippen LogP contribution in [0.15, 0.2) is 0 Å². The first kappa shape index (κ1) is 12.4. The van der Waals surface area contributed by atoms with Gasteiger partial charge in [-0.05, 0) is 20.3 Å². The molecule has 3 nitrogen and oxygen atoms in total. The molecular formula is C10H21NO2. The smallest absolute Gasteiger partial charge is 0.310 e. The second kappa shape index (κ2) is 4.61. The third kappa shape index (κ3) is 3.35. The van der Waals surface area contributed by atoms with Crippen molar-refractivity contribution in [1.82, 2.24) is 5.32 Å². The summed E-state index contributed by atoms with van der Waals surface area (Å²) in [7, 11) is 0. The van der Waals surface area contributed by atoms with E-state index in [2.05, 4.69) is 5.32 Å². The Bertz CT molecular complexity index is 176. The van der Waals surface area contributed by atoms with Crippen molar-refractivity contribution in [2.24, 2.45) is 5.41 Å². The first-order chi connectivity index (χ1) is 5.82. The summed E-state index contributed by atoms with van der Waals surface area (Å²) < 4.78 is 0. The predicted octanol–water partition coefficient (Wildman–Crippen LogP) is 1.87. The molecule has 0 saturated carbocycles. The van der Waals surface area contributed by atoms with Gasteiger partial charge in [-0.2, -0.15) is 0 Å². The highest BCUT2D eigenvalue weighted by Gasteiger charge is 2.35. The van der Waals surface area contributed by atoms with E-state index >= 15 is 0 Å². The fraction of sp³-hybridized carbons (Fsp3) is 0.900. The van der Waals surface area contributed by atoms with Gasteiger partial charge in [0.2, 0.25) is 0 Å². The normalized spacial score (nSPS) is 14.6. The number of carbonyl (C=O) groups is 1. The lowest BCUT2D eigenvalue weighted by atomic mass is 9.82. The highest BCUT2D eigenvalue weighted by atomic mass is 16.4. The maximum Gasteiger partial charge on any atom is 0.310 e. The average molecular weight is 187 g/mol. The first-order valence-corrected chi connectivity index (χ1v) is 4.81. The lowest BCUT2D eigenvalue weighted by Gasteiger charge is -2.32. The Morgan fingerprint density at radius 3 is 2.15 bits per heavy atom. The topological polar surface area (TPSA) is 49.3 Å². The molecule has 0 bridgehead atoms. The maximum absolute atomic E-state index is 11.0. The highest BCUT2D eigenvalue weighted by molar-refractivity contribution is 5.74. The fourth-order valence-corrected chi connectivity index (χ4v) is 1.39. The van der Waals surface area contributed by atoms with Gasteiger partial charge in [0.15, 0.2) is 0 Å². The molecule has 0 aromatic carbocycles. The molecule has 78 valence electrons. The molecule has 3 heteroatoms. The minimum absolute atomic E-state index is 0.0324. The van der Waals surface area contributed by atoms with Gasteiger partial charge in [-0.15, -0.1) is 0 Å². The number of hydrogen-bond acceptors (Lipinski definition) is 2. The van der Waals surface area contributed by atoms with Gasteiger partial charge in [-0.1, -0.05) is 20.8 Å². The number of aliphatic carboxylic acids is 1. The molecule has 13 heavy (non-hydrogen) atoms. The van der Waals surface area contributed by atoms with E-state index in [1.807, 2.05) is 20.8 Å². The Kier molecular flexibility index (Phi) is 4.40. The van der Waals surface area contributed by atoms with E-state index in [-0.39, 0.29) is 6.04 Å². The SMILES string of the molecule is CCC(NC(C)C)C(C)(C)C(=O)O. The van der Waals surface area contributed by atoms with E-state index in [1.54, 1.807) is 13.8 Å². The van der Waals surface area contributed by atoms with E-state index in [9.17, 15) is 4.79 Å². The van der Waals surface area contributed by atoms with Crippen molar-refractivity contribution < 1.29 is 9.90 Å². The first-order valence-electron chi connectivity index (χ1n) is 4.81. The number of hydrogen-bond donors (Lipinski definition) is 2. The van der Waals surface area contributed by atoms with Crippen molar-refractivity contribution in [1.29, 1.82) is 0 Å².